The molecule has 166 valence electrons. The van der Waals surface area contributed by atoms with E-state index in [2.05, 4.69) is 17.2 Å². The standard InChI is InChI=1S/C22H20F6N2O/c1-14(15-5-3-2-4-6-15)12-20(7-8-20)13-29-19(31)30-18-10-16(21(23,24)25)9-17(11-18)22(26,27)28/h2-6,9-11H,1,7-8,12-13H2,(H2,29,30,31). The average molecular weight is 442 g/mol. The fourth-order valence-electron chi connectivity index (χ4n) is 3.29. The van der Waals surface area contributed by atoms with Gasteiger partial charge in [-0.2, -0.15) is 26.3 Å². The maximum absolute atomic E-state index is 12.9. The van der Waals surface area contributed by atoms with Gasteiger partial charge in [0.25, 0.3) is 0 Å². The van der Waals surface area contributed by atoms with E-state index in [9.17, 15) is 31.1 Å². The first-order valence-electron chi connectivity index (χ1n) is 9.46. The smallest absolute Gasteiger partial charge is 0.337 e. The maximum Gasteiger partial charge on any atom is 0.416 e. The minimum absolute atomic E-state index is 0.0114. The summed E-state index contributed by atoms with van der Waals surface area (Å²) in [6.45, 7) is 4.30. The van der Waals surface area contributed by atoms with Crippen LogP contribution in [0.5, 0.6) is 0 Å². The lowest BCUT2D eigenvalue weighted by Gasteiger charge is -2.19. The van der Waals surface area contributed by atoms with E-state index < -0.39 is 35.2 Å². The number of rotatable bonds is 6. The van der Waals surface area contributed by atoms with Crippen LogP contribution in [0.2, 0.25) is 0 Å². The van der Waals surface area contributed by atoms with Crippen LogP contribution in [0.1, 0.15) is 36.0 Å². The molecule has 0 atom stereocenters. The topological polar surface area (TPSA) is 41.1 Å². The molecule has 1 fully saturated rings. The Morgan fingerprint density at radius 2 is 1.48 bits per heavy atom. The monoisotopic (exact) mass is 442 g/mol. The van der Waals surface area contributed by atoms with Crippen molar-refractivity contribution in [1.29, 1.82) is 0 Å². The minimum atomic E-state index is -4.98. The van der Waals surface area contributed by atoms with Gasteiger partial charge in [-0.3, -0.25) is 0 Å². The third-order valence-corrected chi connectivity index (χ3v) is 5.20. The second kappa shape index (κ2) is 8.28. The van der Waals surface area contributed by atoms with Crippen molar-refractivity contribution in [1.82, 2.24) is 5.32 Å². The van der Waals surface area contributed by atoms with Crippen LogP contribution in [0.15, 0.2) is 55.1 Å². The molecule has 1 aliphatic rings. The number of hydrogen-bond donors (Lipinski definition) is 2. The minimum Gasteiger partial charge on any atom is -0.337 e. The van der Waals surface area contributed by atoms with Crippen LogP contribution in [0.4, 0.5) is 36.8 Å². The van der Waals surface area contributed by atoms with Crippen LogP contribution in [-0.4, -0.2) is 12.6 Å². The van der Waals surface area contributed by atoms with Gasteiger partial charge >= 0.3 is 18.4 Å². The fraction of sp³-hybridized carbons (Fsp3) is 0.318. The Kier molecular flexibility index (Phi) is 6.07. The number of benzene rings is 2. The molecule has 9 heteroatoms. The molecule has 3 nitrogen and oxygen atoms in total. The van der Waals surface area contributed by atoms with Crippen LogP contribution in [0.3, 0.4) is 0 Å². The number of alkyl halides is 6. The number of nitrogens with one attached hydrogen (secondary N) is 2. The van der Waals surface area contributed by atoms with Crippen molar-refractivity contribution in [2.75, 3.05) is 11.9 Å². The first-order valence-corrected chi connectivity index (χ1v) is 9.46. The highest BCUT2D eigenvalue weighted by atomic mass is 19.4. The summed E-state index contributed by atoms with van der Waals surface area (Å²) in [5.74, 6) is 0. The van der Waals surface area contributed by atoms with Gasteiger partial charge in [-0.05, 0) is 54.0 Å². The highest BCUT2D eigenvalue weighted by Crippen LogP contribution is 2.51. The number of carbonyl (C=O) groups is 1. The van der Waals surface area contributed by atoms with Crippen molar-refractivity contribution < 1.29 is 31.1 Å². The van der Waals surface area contributed by atoms with E-state index in [-0.39, 0.29) is 18.0 Å². The molecule has 0 saturated heterocycles. The Hall–Kier alpha value is -2.97. The predicted octanol–water partition coefficient (Wildman–Crippen LogP) is 6.73. The number of allylic oxidation sites excluding steroid dienone is 1. The molecular formula is C22H20F6N2O. The van der Waals surface area contributed by atoms with Crippen LogP contribution < -0.4 is 10.6 Å². The summed E-state index contributed by atoms with van der Waals surface area (Å²) < 4.78 is 77.7. The average Bonchev–Trinajstić information content (AvgIpc) is 3.45. The van der Waals surface area contributed by atoms with Gasteiger partial charge in [-0.1, -0.05) is 36.9 Å². The molecule has 1 saturated carbocycles. The number of amides is 2. The van der Waals surface area contributed by atoms with Crippen LogP contribution in [0, 0.1) is 5.41 Å². The second-order valence-electron chi connectivity index (χ2n) is 7.75. The van der Waals surface area contributed by atoms with Gasteiger partial charge in [0.15, 0.2) is 0 Å². The molecule has 0 bridgehead atoms. The number of urea groups is 1. The summed E-state index contributed by atoms with van der Waals surface area (Å²) in [7, 11) is 0. The van der Waals surface area contributed by atoms with E-state index >= 15 is 0 Å². The molecule has 3 rings (SSSR count). The zero-order chi connectivity index (χ0) is 22.9. The van der Waals surface area contributed by atoms with Gasteiger partial charge < -0.3 is 10.6 Å². The summed E-state index contributed by atoms with van der Waals surface area (Å²) in [5, 5.41) is 4.63. The highest BCUT2D eigenvalue weighted by molar-refractivity contribution is 5.89. The molecule has 31 heavy (non-hydrogen) atoms. The summed E-state index contributed by atoms with van der Waals surface area (Å²) >= 11 is 0. The zero-order valence-corrected chi connectivity index (χ0v) is 16.3. The molecule has 1 aliphatic carbocycles. The molecule has 0 aromatic heterocycles. The van der Waals surface area contributed by atoms with E-state index in [4.69, 9.17) is 0 Å². The predicted molar refractivity (Wildman–Crippen MR) is 105 cm³/mol. The van der Waals surface area contributed by atoms with E-state index in [1.54, 1.807) is 0 Å². The molecule has 2 aromatic rings. The zero-order valence-electron chi connectivity index (χ0n) is 16.3. The van der Waals surface area contributed by atoms with E-state index in [1.165, 1.54) is 0 Å². The van der Waals surface area contributed by atoms with Gasteiger partial charge in [0, 0.05) is 12.2 Å². The van der Waals surface area contributed by atoms with Crippen LogP contribution >= 0.6 is 0 Å². The van der Waals surface area contributed by atoms with Crippen molar-refractivity contribution >= 4 is 17.3 Å². The first-order chi connectivity index (χ1) is 14.4. The molecule has 0 radical (unpaired) electrons. The van der Waals surface area contributed by atoms with Crippen molar-refractivity contribution in [2.24, 2.45) is 5.41 Å². The summed E-state index contributed by atoms with van der Waals surface area (Å²) in [5.41, 5.74) is -1.91. The Labute approximate surface area is 175 Å². The third-order valence-electron chi connectivity index (χ3n) is 5.20. The van der Waals surface area contributed by atoms with Crippen molar-refractivity contribution in [3.8, 4) is 0 Å². The van der Waals surface area contributed by atoms with Crippen molar-refractivity contribution in [2.45, 2.75) is 31.6 Å². The molecular weight excluding hydrogens is 422 g/mol. The number of anilines is 1. The number of halogens is 6. The second-order valence-corrected chi connectivity index (χ2v) is 7.75. The van der Waals surface area contributed by atoms with Gasteiger partial charge in [0.05, 0.1) is 11.1 Å². The van der Waals surface area contributed by atoms with Gasteiger partial charge in [0.1, 0.15) is 0 Å². The normalized spacial score (nSPS) is 15.3. The summed E-state index contributed by atoms with van der Waals surface area (Å²) in [6, 6.07) is 9.58. The molecule has 2 aromatic carbocycles. The lowest BCUT2D eigenvalue weighted by molar-refractivity contribution is -0.143. The largest absolute Gasteiger partial charge is 0.416 e. The van der Waals surface area contributed by atoms with Crippen LogP contribution in [-0.2, 0) is 12.4 Å². The maximum atomic E-state index is 12.9. The first kappa shape index (κ1) is 22.7. The molecule has 2 amide bonds. The Balaban J connectivity index is 1.64. The molecule has 2 N–H and O–H groups in total. The Morgan fingerprint density at radius 1 is 0.935 bits per heavy atom. The van der Waals surface area contributed by atoms with E-state index in [0.717, 1.165) is 24.0 Å². The van der Waals surface area contributed by atoms with Crippen LogP contribution in [0.25, 0.3) is 5.57 Å². The lowest BCUT2D eigenvalue weighted by Crippen LogP contribution is -2.34. The Bertz CT molecular complexity index is 930. The van der Waals surface area contributed by atoms with Gasteiger partial charge in [-0.25, -0.2) is 4.79 Å². The molecule has 0 spiro atoms. The summed E-state index contributed by atoms with van der Waals surface area (Å²) in [4.78, 5) is 12.2. The number of hydrogen-bond acceptors (Lipinski definition) is 1. The quantitative estimate of drug-likeness (QED) is 0.479. The van der Waals surface area contributed by atoms with E-state index in [0.29, 0.717) is 18.6 Å². The Morgan fingerprint density at radius 3 is 1.97 bits per heavy atom. The van der Waals surface area contributed by atoms with Gasteiger partial charge in [-0.15, -0.1) is 0 Å². The number of carbonyl (C=O) groups excluding carboxylic acids is 1. The van der Waals surface area contributed by atoms with Crippen molar-refractivity contribution in [3.05, 3.63) is 71.8 Å². The SMILES string of the molecule is C=C(CC1(CNC(=O)Nc2cc(C(F)(F)F)cc(C(F)(F)F)c2)CC1)c1ccccc1. The van der Waals surface area contributed by atoms with E-state index in [1.807, 2.05) is 30.3 Å². The molecule has 0 aliphatic heterocycles. The summed E-state index contributed by atoms with van der Waals surface area (Å²) in [6.07, 6.45) is -7.67. The van der Waals surface area contributed by atoms with Gasteiger partial charge in [0.2, 0.25) is 0 Å². The molecule has 0 unspecified atom stereocenters. The lowest BCUT2D eigenvalue weighted by atomic mass is 9.93. The van der Waals surface area contributed by atoms with Crippen molar-refractivity contribution in [3.63, 3.8) is 0 Å². The molecule has 0 heterocycles. The third kappa shape index (κ3) is 6.02. The fourth-order valence-corrected chi connectivity index (χ4v) is 3.29. The highest BCUT2D eigenvalue weighted by Gasteiger charge is 2.43.